The van der Waals surface area contributed by atoms with Gasteiger partial charge in [-0.25, -0.2) is 0 Å². The average molecular weight is 279 g/mol. The molecule has 0 saturated heterocycles. The number of fused-ring (bicyclic) bond motifs is 1. The number of hydrogen-bond acceptors (Lipinski definition) is 2. The molecule has 0 aliphatic heterocycles. The maximum Gasteiger partial charge on any atom is 0.0944 e. The molecule has 0 fully saturated rings. The van der Waals surface area contributed by atoms with Crippen molar-refractivity contribution in [2.45, 2.75) is 26.3 Å². The van der Waals surface area contributed by atoms with Crippen LogP contribution in [-0.2, 0) is 0 Å². The molecule has 0 aliphatic carbocycles. The molecule has 0 amide bonds. The molecule has 0 saturated carbocycles. The van der Waals surface area contributed by atoms with E-state index in [2.05, 4.69) is 65.2 Å². The summed E-state index contributed by atoms with van der Waals surface area (Å²) in [5.74, 6) is 0. The van der Waals surface area contributed by atoms with Crippen molar-refractivity contribution in [3.63, 3.8) is 0 Å². The van der Waals surface area contributed by atoms with E-state index >= 15 is 0 Å². The Morgan fingerprint density at radius 3 is 2.62 bits per heavy atom. The fraction of sp³-hybridized carbons (Fsp3) is 0.308. The van der Waals surface area contributed by atoms with Crippen LogP contribution >= 0.6 is 15.9 Å². The highest BCUT2D eigenvalue weighted by atomic mass is 79.9. The van der Waals surface area contributed by atoms with E-state index in [-0.39, 0.29) is 5.54 Å². The summed E-state index contributed by atoms with van der Waals surface area (Å²) in [5, 5.41) is 4.60. The third-order valence-corrected chi connectivity index (χ3v) is 2.92. The van der Waals surface area contributed by atoms with Crippen LogP contribution in [0.15, 0.2) is 34.9 Å². The van der Waals surface area contributed by atoms with E-state index in [0.717, 1.165) is 21.1 Å². The van der Waals surface area contributed by atoms with Gasteiger partial charge in [0.05, 0.1) is 11.2 Å². The fourth-order valence-corrected chi connectivity index (χ4v) is 2.09. The maximum absolute atomic E-state index is 4.43. The molecule has 2 nitrogen and oxygen atoms in total. The van der Waals surface area contributed by atoms with Crippen molar-refractivity contribution in [3.05, 3.63) is 34.9 Å². The third-order valence-electron chi connectivity index (χ3n) is 2.23. The van der Waals surface area contributed by atoms with Gasteiger partial charge in [-0.15, -0.1) is 0 Å². The number of rotatable bonds is 1. The molecule has 16 heavy (non-hydrogen) atoms. The average Bonchev–Trinajstić information content (AvgIpc) is 2.21. The minimum atomic E-state index is 0.0400. The summed E-state index contributed by atoms with van der Waals surface area (Å²) >= 11 is 3.54. The lowest BCUT2D eigenvalue weighted by Crippen LogP contribution is -2.26. The first kappa shape index (κ1) is 11.4. The quantitative estimate of drug-likeness (QED) is 0.845. The van der Waals surface area contributed by atoms with E-state index in [1.165, 1.54) is 0 Å². The van der Waals surface area contributed by atoms with Gasteiger partial charge in [-0.2, -0.15) is 0 Å². The van der Waals surface area contributed by atoms with Gasteiger partial charge in [-0.3, -0.25) is 4.98 Å². The van der Waals surface area contributed by atoms with Gasteiger partial charge in [-0.1, -0.05) is 22.0 Å². The predicted octanol–water partition coefficient (Wildman–Crippen LogP) is 4.21. The Labute approximate surface area is 104 Å². The monoisotopic (exact) mass is 278 g/mol. The van der Waals surface area contributed by atoms with Crippen LogP contribution in [0, 0.1) is 0 Å². The van der Waals surface area contributed by atoms with Crippen LogP contribution in [0.1, 0.15) is 20.8 Å². The molecule has 2 rings (SSSR count). The van der Waals surface area contributed by atoms with Crippen molar-refractivity contribution in [1.29, 1.82) is 0 Å². The van der Waals surface area contributed by atoms with Gasteiger partial charge >= 0.3 is 0 Å². The van der Waals surface area contributed by atoms with Crippen LogP contribution in [0.3, 0.4) is 0 Å². The topological polar surface area (TPSA) is 24.9 Å². The minimum absolute atomic E-state index is 0.0400. The number of aromatic nitrogens is 1. The molecule has 1 aromatic carbocycles. The Morgan fingerprint density at radius 2 is 1.94 bits per heavy atom. The van der Waals surface area contributed by atoms with E-state index in [4.69, 9.17) is 0 Å². The molecule has 0 spiro atoms. The first-order valence-corrected chi connectivity index (χ1v) is 6.08. The number of nitrogens with zero attached hydrogens (tertiary/aromatic N) is 1. The number of hydrogen-bond donors (Lipinski definition) is 1. The number of benzene rings is 1. The van der Waals surface area contributed by atoms with Crippen molar-refractivity contribution in [3.8, 4) is 0 Å². The van der Waals surface area contributed by atoms with Crippen LogP contribution in [0.5, 0.6) is 0 Å². The zero-order valence-corrected chi connectivity index (χ0v) is 11.3. The first-order chi connectivity index (χ1) is 7.47. The lowest BCUT2D eigenvalue weighted by atomic mass is 10.1. The highest BCUT2D eigenvalue weighted by Crippen LogP contribution is 2.29. The Hall–Kier alpha value is -1.09. The molecule has 0 radical (unpaired) electrons. The Morgan fingerprint density at radius 1 is 1.19 bits per heavy atom. The van der Waals surface area contributed by atoms with Crippen molar-refractivity contribution in [1.82, 2.24) is 4.98 Å². The molecule has 2 aromatic rings. The second-order valence-corrected chi connectivity index (χ2v) is 5.72. The number of halogens is 1. The summed E-state index contributed by atoms with van der Waals surface area (Å²) < 4.78 is 1.08. The highest BCUT2D eigenvalue weighted by molar-refractivity contribution is 9.10. The lowest BCUT2D eigenvalue weighted by Gasteiger charge is -2.23. The Balaban J connectivity index is 2.59. The van der Waals surface area contributed by atoms with Gasteiger partial charge in [0.15, 0.2) is 0 Å². The van der Waals surface area contributed by atoms with E-state index < -0.39 is 0 Å². The Bertz CT molecular complexity index is 515. The van der Waals surface area contributed by atoms with Crippen LogP contribution in [-0.4, -0.2) is 10.5 Å². The standard InChI is InChI=1S/C13H15BrN2/c1-13(2,3)16-11-7-6-10(14)9-5-4-8-15-12(9)11/h4-8,16H,1-3H3. The van der Waals surface area contributed by atoms with Gasteiger partial charge in [0.1, 0.15) is 0 Å². The molecule has 3 heteroatoms. The van der Waals surface area contributed by atoms with E-state index in [1.54, 1.807) is 0 Å². The smallest absolute Gasteiger partial charge is 0.0944 e. The summed E-state index contributed by atoms with van der Waals surface area (Å²) in [4.78, 5) is 4.43. The summed E-state index contributed by atoms with van der Waals surface area (Å²) in [5.41, 5.74) is 2.12. The minimum Gasteiger partial charge on any atom is -0.379 e. The Kier molecular flexibility index (Phi) is 2.89. The molecule has 0 aliphatic rings. The summed E-state index contributed by atoms with van der Waals surface area (Å²) in [6.07, 6.45) is 1.82. The summed E-state index contributed by atoms with van der Waals surface area (Å²) in [6, 6.07) is 8.14. The molecule has 84 valence electrons. The second kappa shape index (κ2) is 4.06. The predicted molar refractivity (Wildman–Crippen MR) is 72.8 cm³/mol. The number of pyridine rings is 1. The molecular formula is C13H15BrN2. The van der Waals surface area contributed by atoms with Crippen molar-refractivity contribution in [2.24, 2.45) is 0 Å². The molecule has 0 atom stereocenters. The van der Waals surface area contributed by atoms with Crippen LogP contribution < -0.4 is 5.32 Å². The third kappa shape index (κ3) is 2.35. The second-order valence-electron chi connectivity index (χ2n) is 4.87. The van der Waals surface area contributed by atoms with Crippen LogP contribution in [0.25, 0.3) is 10.9 Å². The van der Waals surface area contributed by atoms with Crippen LogP contribution in [0.2, 0.25) is 0 Å². The molecule has 1 aromatic heterocycles. The van der Waals surface area contributed by atoms with Gasteiger partial charge in [0.2, 0.25) is 0 Å². The summed E-state index contributed by atoms with van der Waals surface area (Å²) in [7, 11) is 0. The zero-order valence-electron chi connectivity index (χ0n) is 9.71. The molecule has 1 N–H and O–H groups in total. The zero-order chi connectivity index (χ0) is 11.8. The van der Waals surface area contributed by atoms with Gasteiger partial charge in [-0.05, 0) is 39.0 Å². The van der Waals surface area contributed by atoms with Crippen molar-refractivity contribution in [2.75, 3.05) is 5.32 Å². The maximum atomic E-state index is 4.43. The molecular weight excluding hydrogens is 264 g/mol. The van der Waals surface area contributed by atoms with Gasteiger partial charge in [0, 0.05) is 21.6 Å². The fourth-order valence-electron chi connectivity index (χ4n) is 1.64. The van der Waals surface area contributed by atoms with Crippen molar-refractivity contribution < 1.29 is 0 Å². The number of nitrogens with one attached hydrogen (secondary N) is 1. The van der Waals surface area contributed by atoms with E-state index in [0.29, 0.717) is 0 Å². The van der Waals surface area contributed by atoms with Gasteiger partial charge < -0.3 is 5.32 Å². The van der Waals surface area contributed by atoms with E-state index in [1.807, 2.05) is 12.3 Å². The van der Waals surface area contributed by atoms with E-state index in [9.17, 15) is 0 Å². The van der Waals surface area contributed by atoms with Crippen molar-refractivity contribution >= 4 is 32.5 Å². The number of anilines is 1. The molecule has 0 unspecified atom stereocenters. The summed E-state index contributed by atoms with van der Waals surface area (Å²) in [6.45, 7) is 6.43. The lowest BCUT2D eigenvalue weighted by molar-refractivity contribution is 0.635. The van der Waals surface area contributed by atoms with Crippen LogP contribution in [0.4, 0.5) is 5.69 Å². The normalized spacial score (nSPS) is 11.8. The molecule has 0 bridgehead atoms. The largest absolute Gasteiger partial charge is 0.379 e. The SMILES string of the molecule is CC(C)(C)Nc1ccc(Br)c2cccnc12. The first-order valence-electron chi connectivity index (χ1n) is 5.29. The highest BCUT2D eigenvalue weighted by Gasteiger charge is 2.12. The molecule has 1 heterocycles. The van der Waals surface area contributed by atoms with Gasteiger partial charge in [0.25, 0.3) is 0 Å².